The predicted molar refractivity (Wildman–Crippen MR) is 70.8 cm³/mol. The summed E-state index contributed by atoms with van der Waals surface area (Å²) in [4.78, 5) is 21.7. The lowest BCUT2D eigenvalue weighted by Crippen LogP contribution is -2.21. The molecule has 6 heteroatoms. The van der Waals surface area contributed by atoms with Gasteiger partial charge in [0.25, 0.3) is 5.69 Å². The first-order chi connectivity index (χ1) is 9.06. The van der Waals surface area contributed by atoms with Crippen molar-refractivity contribution in [2.45, 2.75) is 26.2 Å². The van der Waals surface area contributed by atoms with Gasteiger partial charge in [-0.15, -0.1) is 0 Å². The molecular formula is C13H15N3O3. The number of non-ortho nitro benzene ring substituents is 1. The summed E-state index contributed by atoms with van der Waals surface area (Å²) in [5, 5.41) is 14.5. The lowest BCUT2D eigenvalue weighted by molar-refractivity contribution is -0.384. The fourth-order valence-electron chi connectivity index (χ4n) is 1.70. The second-order valence-corrected chi connectivity index (χ2v) is 4.66. The Morgan fingerprint density at radius 2 is 2.05 bits per heavy atom. The minimum Gasteiger partial charge on any atom is -0.273 e. The number of nitrogens with zero attached hydrogens (tertiary/aromatic N) is 2. The molecule has 19 heavy (non-hydrogen) atoms. The van der Waals surface area contributed by atoms with E-state index in [1.54, 1.807) is 12.1 Å². The maximum Gasteiger partial charge on any atom is 0.269 e. The number of amides is 1. The number of hydrazone groups is 1. The number of hydrogen-bond donors (Lipinski definition) is 1. The van der Waals surface area contributed by atoms with Crippen LogP contribution in [0.1, 0.15) is 25.3 Å². The predicted octanol–water partition coefficient (Wildman–Crippen LogP) is 2.04. The van der Waals surface area contributed by atoms with Crippen molar-refractivity contribution in [1.29, 1.82) is 0 Å². The van der Waals surface area contributed by atoms with E-state index in [1.165, 1.54) is 12.1 Å². The Bertz CT molecular complexity index is 518. The van der Waals surface area contributed by atoms with Gasteiger partial charge in [0.1, 0.15) is 0 Å². The lowest BCUT2D eigenvalue weighted by Gasteiger charge is -2.02. The first kappa shape index (κ1) is 13.2. The van der Waals surface area contributed by atoms with Crippen molar-refractivity contribution in [2.75, 3.05) is 0 Å². The molecule has 1 aliphatic carbocycles. The molecule has 0 atom stereocenters. The summed E-state index contributed by atoms with van der Waals surface area (Å²) >= 11 is 0. The molecule has 0 aliphatic heterocycles. The summed E-state index contributed by atoms with van der Waals surface area (Å²) in [6.07, 6.45) is 2.46. The zero-order valence-corrected chi connectivity index (χ0v) is 10.6. The molecule has 1 aromatic rings. The Balaban J connectivity index is 1.87. The van der Waals surface area contributed by atoms with Gasteiger partial charge < -0.3 is 0 Å². The van der Waals surface area contributed by atoms with E-state index in [1.807, 2.05) is 6.92 Å². The molecule has 1 aromatic carbocycles. The zero-order chi connectivity index (χ0) is 13.8. The molecule has 1 aliphatic rings. The highest BCUT2D eigenvalue weighted by atomic mass is 16.6. The molecule has 0 radical (unpaired) electrons. The van der Waals surface area contributed by atoms with Crippen LogP contribution in [0, 0.1) is 16.0 Å². The quantitative estimate of drug-likeness (QED) is 0.500. The molecule has 0 aromatic heterocycles. The van der Waals surface area contributed by atoms with Crippen LogP contribution in [0.4, 0.5) is 5.69 Å². The van der Waals surface area contributed by atoms with E-state index in [0.29, 0.717) is 5.92 Å². The number of benzene rings is 1. The molecule has 0 bridgehead atoms. The van der Waals surface area contributed by atoms with Crippen LogP contribution in [0.2, 0.25) is 0 Å². The minimum atomic E-state index is -0.465. The highest BCUT2D eigenvalue weighted by molar-refractivity contribution is 5.88. The van der Waals surface area contributed by atoms with Crippen molar-refractivity contribution in [3.63, 3.8) is 0 Å². The third kappa shape index (κ3) is 3.87. The van der Waals surface area contributed by atoms with Crippen LogP contribution in [0.15, 0.2) is 29.4 Å². The fourth-order valence-corrected chi connectivity index (χ4v) is 1.70. The van der Waals surface area contributed by atoms with E-state index < -0.39 is 4.92 Å². The van der Waals surface area contributed by atoms with Crippen molar-refractivity contribution in [1.82, 2.24) is 5.43 Å². The van der Waals surface area contributed by atoms with Crippen LogP contribution in [-0.2, 0) is 11.2 Å². The summed E-state index contributed by atoms with van der Waals surface area (Å²) in [6, 6.07) is 5.94. The summed E-state index contributed by atoms with van der Waals surface area (Å²) < 4.78 is 0. The van der Waals surface area contributed by atoms with Crippen molar-refractivity contribution in [3.8, 4) is 0 Å². The highest BCUT2D eigenvalue weighted by Crippen LogP contribution is 2.30. The standard InChI is InChI=1S/C13H15N3O3/c1-9(11-4-5-11)14-15-13(17)8-10-2-6-12(7-3-10)16(18)19/h2-3,6-7,11H,4-5,8H2,1H3,(H,15,17). The van der Waals surface area contributed by atoms with Gasteiger partial charge in [-0.05, 0) is 31.2 Å². The number of hydrogen-bond acceptors (Lipinski definition) is 4. The average molecular weight is 261 g/mol. The molecule has 1 N–H and O–H groups in total. The van der Waals surface area contributed by atoms with Gasteiger partial charge in [-0.3, -0.25) is 14.9 Å². The summed E-state index contributed by atoms with van der Waals surface area (Å²) in [5.41, 5.74) is 4.20. The van der Waals surface area contributed by atoms with E-state index >= 15 is 0 Å². The summed E-state index contributed by atoms with van der Waals surface area (Å²) in [6.45, 7) is 1.91. The third-order valence-electron chi connectivity index (χ3n) is 3.04. The van der Waals surface area contributed by atoms with E-state index in [2.05, 4.69) is 10.5 Å². The molecule has 1 saturated carbocycles. The summed E-state index contributed by atoms with van der Waals surface area (Å²) in [7, 11) is 0. The Kier molecular flexibility index (Phi) is 3.89. The minimum absolute atomic E-state index is 0.0201. The van der Waals surface area contributed by atoms with Gasteiger partial charge in [-0.1, -0.05) is 12.1 Å². The van der Waals surface area contributed by atoms with Gasteiger partial charge >= 0.3 is 0 Å². The van der Waals surface area contributed by atoms with E-state index in [4.69, 9.17) is 0 Å². The largest absolute Gasteiger partial charge is 0.273 e. The highest BCUT2D eigenvalue weighted by Gasteiger charge is 2.24. The average Bonchev–Trinajstić information content (AvgIpc) is 3.21. The Labute approximate surface area is 110 Å². The number of rotatable bonds is 5. The third-order valence-corrected chi connectivity index (χ3v) is 3.04. The van der Waals surface area contributed by atoms with Crippen molar-refractivity contribution in [2.24, 2.45) is 11.0 Å². The smallest absolute Gasteiger partial charge is 0.269 e. The second-order valence-electron chi connectivity index (χ2n) is 4.66. The van der Waals surface area contributed by atoms with Crippen molar-refractivity contribution in [3.05, 3.63) is 39.9 Å². The molecule has 1 amide bonds. The Hall–Kier alpha value is -2.24. The van der Waals surface area contributed by atoms with Crippen LogP contribution in [0.25, 0.3) is 0 Å². The maximum atomic E-state index is 11.6. The zero-order valence-electron chi connectivity index (χ0n) is 10.6. The van der Waals surface area contributed by atoms with Crippen LogP contribution in [-0.4, -0.2) is 16.5 Å². The van der Waals surface area contributed by atoms with Crippen LogP contribution >= 0.6 is 0 Å². The molecule has 6 nitrogen and oxygen atoms in total. The van der Waals surface area contributed by atoms with Gasteiger partial charge in [0, 0.05) is 17.8 Å². The van der Waals surface area contributed by atoms with Gasteiger partial charge in [-0.2, -0.15) is 5.10 Å². The number of nitrogens with one attached hydrogen (secondary N) is 1. The normalized spacial score (nSPS) is 15.1. The number of nitro groups is 1. The van der Waals surface area contributed by atoms with Crippen LogP contribution in [0.3, 0.4) is 0 Å². The van der Waals surface area contributed by atoms with E-state index in [0.717, 1.165) is 24.1 Å². The Morgan fingerprint density at radius 1 is 1.42 bits per heavy atom. The molecule has 0 unspecified atom stereocenters. The maximum absolute atomic E-state index is 11.6. The molecule has 2 rings (SSSR count). The molecule has 0 saturated heterocycles. The first-order valence-corrected chi connectivity index (χ1v) is 6.12. The van der Waals surface area contributed by atoms with Gasteiger partial charge in [0.15, 0.2) is 0 Å². The van der Waals surface area contributed by atoms with Gasteiger partial charge in [0.2, 0.25) is 5.91 Å². The van der Waals surface area contributed by atoms with Gasteiger partial charge in [-0.25, -0.2) is 5.43 Å². The SMILES string of the molecule is CC(=NNC(=O)Cc1ccc([N+](=O)[O-])cc1)C1CC1. The molecule has 0 spiro atoms. The molecule has 1 fully saturated rings. The number of carbonyl (C=O) groups excluding carboxylic acids is 1. The van der Waals surface area contributed by atoms with Gasteiger partial charge in [0.05, 0.1) is 11.3 Å². The molecular weight excluding hydrogens is 246 g/mol. The Morgan fingerprint density at radius 3 is 2.58 bits per heavy atom. The van der Waals surface area contributed by atoms with Crippen LogP contribution in [0.5, 0.6) is 0 Å². The second kappa shape index (κ2) is 5.60. The monoisotopic (exact) mass is 261 g/mol. The fraction of sp³-hybridized carbons (Fsp3) is 0.385. The van der Waals surface area contributed by atoms with E-state index in [9.17, 15) is 14.9 Å². The van der Waals surface area contributed by atoms with E-state index in [-0.39, 0.29) is 18.0 Å². The molecule has 100 valence electrons. The van der Waals surface area contributed by atoms with Crippen LogP contribution < -0.4 is 5.43 Å². The lowest BCUT2D eigenvalue weighted by atomic mass is 10.1. The number of carbonyl (C=O) groups is 1. The first-order valence-electron chi connectivity index (χ1n) is 6.12. The molecule has 0 heterocycles. The summed E-state index contributed by atoms with van der Waals surface area (Å²) in [5.74, 6) is 0.313. The van der Waals surface area contributed by atoms with Crippen molar-refractivity contribution < 1.29 is 9.72 Å². The topological polar surface area (TPSA) is 84.6 Å². The van der Waals surface area contributed by atoms with Crippen molar-refractivity contribution >= 4 is 17.3 Å². The number of nitro benzene ring substituents is 1.